The molecule has 0 bridgehead atoms. The van der Waals surface area contributed by atoms with Crippen molar-refractivity contribution in [2.24, 2.45) is 5.92 Å². The van der Waals surface area contributed by atoms with Gasteiger partial charge in [-0.25, -0.2) is 9.78 Å². The van der Waals surface area contributed by atoms with Crippen molar-refractivity contribution in [3.63, 3.8) is 0 Å². The third-order valence-corrected chi connectivity index (χ3v) is 4.85. The molecule has 0 spiro atoms. The second-order valence-corrected chi connectivity index (χ2v) is 7.77. The third kappa shape index (κ3) is 2.70. The molecule has 0 aliphatic carbocycles. The van der Waals surface area contributed by atoms with Gasteiger partial charge in [0.15, 0.2) is 0 Å². The maximum absolute atomic E-state index is 12.3. The van der Waals surface area contributed by atoms with Crippen LogP contribution in [0.1, 0.15) is 27.2 Å². The van der Waals surface area contributed by atoms with E-state index in [-0.39, 0.29) is 6.09 Å². The van der Waals surface area contributed by atoms with Crippen LogP contribution in [0.4, 0.5) is 10.7 Å². The minimum absolute atomic E-state index is 0.207. The van der Waals surface area contributed by atoms with Crippen molar-refractivity contribution in [3.05, 3.63) is 24.3 Å². The zero-order chi connectivity index (χ0) is 16.9. The minimum atomic E-state index is -0.451. The van der Waals surface area contributed by atoms with Crippen molar-refractivity contribution in [1.29, 1.82) is 0 Å². The zero-order valence-corrected chi connectivity index (χ0v) is 14.5. The molecule has 24 heavy (non-hydrogen) atoms. The molecule has 6 heteroatoms. The first kappa shape index (κ1) is 15.3. The first-order valence-electron chi connectivity index (χ1n) is 8.60. The molecule has 2 atom stereocenters. The first-order valence-corrected chi connectivity index (χ1v) is 8.60. The van der Waals surface area contributed by atoms with Crippen LogP contribution in [-0.4, -0.2) is 52.2 Å². The number of rotatable bonds is 1. The number of hydrogen-bond donors (Lipinski definition) is 1. The first-order chi connectivity index (χ1) is 11.4. The smallest absolute Gasteiger partial charge is 0.410 e. The van der Waals surface area contributed by atoms with Crippen LogP contribution in [0.5, 0.6) is 0 Å². The number of nitrogens with one attached hydrogen (secondary N) is 1. The van der Waals surface area contributed by atoms with Gasteiger partial charge >= 0.3 is 6.09 Å². The Morgan fingerprint density at radius 1 is 1.29 bits per heavy atom. The molecular formula is C18H24N4O2. The van der Waals surface area contributed by atoms with E-state index in [0.717, 1.165) is 36.5 Å². The number of aromatic amines is 1. The second-order valence-electron chi connectivity index (χ2n) is 7.77. The zero-order valence-electron chi connectivity index (χ0n) is 14.5. The molecule has 1 amide bonds. The fourth-order valence-corrected chi connectivity index (χ4v) is 3.78. The van der Waals surface area contributed by atoms with Gasteiger partial charge in [-0.2, -0.15) is 0 Å². The molecule has 2 saturated heterocycles. The lowest BCUT2D eigenvalue weighted by Crippen LogP contribution is -2.39. The molecule has 0 saturated carbocycles. The van der Waals surface area contributed by atoms with Gasteiger partial charge in [0, 0.05) is 25.6 Å². The Labute approximate surface area is 141 Å². The number of hydrogen-bond acceptors (Lipinski definition) is 4. The number of fused-ring (bicyclic) bond motifs is 2. The Kier molecular flexibility index (Phi) is 3.44. The summed E-state index contributed by atoms with van der Waals surface area (Å²) in [4.78, 5) is 24.6. The maximum atomic E-state index is 12.3. The monoisotopic (exact) mass is 328 g/mol. The van der Waals surface area contributed by atoms with E-state index >= 15 is 0 Å². The normalized spacial score (nSPS) is 23.8. The quantitative estimate of drug-likeness (QED) is 0.874. The highest BCUT2D eigenvalue weighted by Crippen LogP contribution is 2.35. The van der Waals surface area contributed by atoms with E-state index in [1.807, 2.05) is 49.9 Å². The third-order valence-electron chi connectivity index (χ3n) is 4.85. The van der Waals surface area contributed by atoms with Gasteiger partial charge in [0.1, 0.15) is 5.60 Å². The lowest BCUT2D eigenvalue weighted by Gasteiger charge is -2.26. The van der Waals surface area contributed by atoms with Gasteiger partial charge in [-0.05, 0) is 39.3 Å². The molecule has 2 fully saturated rings. The summed E-state index contributed by atoms with van der Waals surface area (Å²) in [6.07, 6.45) is 0.877. The standard InChI is InChI=1S/C18H24N4O2/c1-18(2,3)24-17(23)21-10-12-8-9-22(15(12)11-21)16-19-13-6-4-5-7-14(13)20-16/h4-7,12,15H,8-11H2,1-3H3,(H,19,20)/t12-,15+/m1/s1. The van der Waals surface area contributed by atoms with Crippen LogP contribution in [0, 0.1) is 5.92 Å². The fraction of sp³-hybridized carbons (Fsp3) is 0.556. The van der Waals surface area contributed by atoms with E-state index in [0.29, 0.717) is 18.5 Å². The van der Waals surface area contributed by atoms with Crippen LogP contribution in [0.2, 0.25) is 0 Å². The minimum Gasteiger partial charge on any atom is -0.444 e. The van der Waals surface area contributed by atoms with Crippen LogP contribution >= 0.6 is 0 Å². The number of aromatic nitrogens is 2. The highest BCUT2D eigenvalue weighted by molar-refractivity contribution is 5.77. The second kappa shape index (κ2) is 5.40. The van der Waals surface area contributed by atoms with E-state index in [4.69, 9.17) is 9.72 Å². The molecule has 0 unspecified atom stereocenters. The van der Waals surface area contributed by atoms with Gasteiger partial charge in [0.2, 0.25) is 5.95 Å². The molecule has 3 heterocycles. The summed E-state index contributed by atoms with van der Waals surface area (Å²) in [7, 11) is 0. The Morgan fingerprint density at radius 3 is 2.83 bits per heavy atom. The number of ether oxygens (including phenoxy) is 1. The summed E-state index contributed by atoms with van der Waals surface area (Å²) < 4.78 is 5.52. The molecule has 1 aromatic heterocycles. The number of H-pyrrole nitrogens is 1. The van der Waals surface area contributed by atoms with Gasteiger partial charge in [-0.3, -0.25) is 0 Å². The summed E-state index contributed by atoms with van der Waals surface area (Å²) >= 11 is 0. The van der Waals surface area contributed by atoms with Crippen molar-refractivity contribution >= 4 is 23.1 Å². The number of amides is 1. The Bertz CT molecular complexity index is 731. The summed E-state index contributed by atoms with van der Waals surface area (Å²) in [6, 6.07) is 8.39. The van der Waals surface area contributed by atoms with Gasteiger partial charge in [0.05, 0.1) is 17.1 Å². The molecule has 4 rings (SSSR count). The van der Waals surface area contributed by atoms with Crippen molar-refractivity contribution < 1.29 is 9.53 Å². The van der Waals surface area contributed by atoms with Crippen LogP contribution in [0.15, 0.2) is 24.3 Å². The van der Waals surface area contributed by atoms with Crippen LogP contribution in [0.3, 0.4) is 0 Å². The van der Waals surface area contributed by atoms with Gasteiger partial charge in [-0.1, -0.05) is 12.1 Å². The van der Waals surface area contributed by atoms with Crippen molar-refractivity contribution in [3.8, 4) is 0 Å². The summed E-state index contributed by atoms with van der Waals surface area (Å²) in [5, 5.41) is 0. The average Bonchev–Trinajstić information content (AvgIpc) is 3.17. The Balaban J connectivity index is 1.51. The SMILES string of the molecule is CC(C)(C)OC(=O)N1C[C@H]2CCN(c3nc4ccccc4[nH]3)[C@H]2C1. The highest BCUT2D eigenvalue weighted by atomic mass is 16.6. The van der Waals surface area contributed by atoms with Crippen LogP contribution in [-0.2, 0) is 4.74 Å². The van der Waals surface area contributed by atoms with Gasteiger partial charge in [-0.15, -0.1) is 0 Å². The van der Waals surface area contributed by atoms with Crippen molar-refractivity contribution in [2.45, 2.75) is 38.8 Å². The Hall–Kier alpha value is -2.24. The maximum Gasteiger partial charge on any atom is 0.410 e. The Morgan fingerprint density at radius 2 is 2.08 bits per heavy atom. The van der Waals surface area contributed by atoms with Crippen molar-refractivity contribution in [1.82, 2.24) is 14.9 Å². The van der Waals surface area contributed by atoms with Crippen LogP contribution in [0.25, 0.3) is 11.0 Å². The van der Waals surface area contributed by atoms with Gasteiger partial charge < -0.3 is 19.5 Å². The summed E-state index contributed by atoms with van der Waals surface area (Å²) in [5.74, 6) is 1.40. The number of benzene rings is 1. The van der Waals surface area contributed by atoms with E-state index in [2.05, 4.69) is 9.88 Å². The molecule has 0 radical (unpaired) electrons. The highest BCUT2D eigenvalue weighted by Gasteiger charge is 2.44. The van der Waals surface area contributed by atoms with E-state index in [1.54, 1.807) is 0 Å². The van der Waals surface area contributed by atoms with Crippen molar-refractivity contribution in [2.75, 3.05) is 24.5 Å². The number of anilines is 1. The average molecular weight is 328 g/mol. The molecule has 1 aromatic carbocycles. The largest absolute Gasteiger partial charge is 0.444 e. The lowest BCUT2D eigenvalue weighted by molar-refractivity contribution is 0.0284. The number of likely N-dealkylation sites (tertiary alicyclic amines) is 1. The van der Waals surface area contributed by atoms with Crippen LogP contribution < -0.4 is 4.90 Å². The number of carbonyl (C=O) groups excluding carboxylic acids is 1. The molecule has 6 nitrogen and oxygen atoms in total. The number of nitrogens with zero attached hydrogens (tertiary/aromatic N) is 3. The fourth-order valence-electron chi connectivity index (χ4n) is 3.78. The predicted octanol–water partition coefficient (Wildman–Crippen LogP) is 3.01. The van der Waals surface area contributed by atoms with E-state index in [1.165, 1.54) is 0 Å². The lowest BCUT2D eigenvalue weighted by atomic mass is 10.1. The summed E-state index contributed by atoms with van der Waals surface area (Å²) in [6.45, 7) is 8.18. The molecule has 1 N–H and O–H groups in total. The van der Waals surface area contributed by atoms with Gasteiger partial charge in [0.25, 0.3) is 0 Å². The van der Waals surface area contributed by atoms with E-state index in [9.17, 15) is 4.79 Å². The number of carbonyl (C=O) groups is 1. The topological polar surface area (TPSA) is 61.5 Å². The van der Waals surface area contributed by atoms with E-state index < -0.39 is 5.60 Å². The molecule has 2 aromatic rings. The number of para-hydroxylation sites is 2. The molecule has 2 aliphatic heterocycles. The summed E-state index contributed by atoms with van der Waals surface area (Å²) in [5.41, 5.74) is 1.59. The molecular weight excluding hydrogens is 304 g/mol. The predicted molar refractivity (Wildman–Crippen MR) is 93.1 cm³/mol. The molecule has 128 valence electrons. The molecule has 2 aliphatic rings. The number of imidazole rings is 1.